The molecule has 3 fully saturated rings. The Morgan fingerprint density at radius 2 is 1.68 bits per heavy atom. The molecule has 8 nitrogen and oxygen atoms in total. The number of nitrogens with zero attached hydrogens (tertiary/aromatic N) is 3. The van der Waals surface area contributed by atoms with Crippen LogP contribution in [0.3, 0.4) is 0 Å². The van der Waals surface area contributed by atoms with Crippen molar-refractivity contribution in [3.05, 3.63) is 53.6 Å². The van der Waals surface area contributed by atoms with Gasteiger partial charge in [0, 0.05) is 38.2 Å². The highest BCUT2D eigenvalue weighted by Gasteiger charge is 2.45. The molecule has 3 aliphatic rings. The minimum Gasteiger partial charge on any atom is -0.495 e. The topological polar surface area (TPSA) is 79.4 Å². The normalized spacial score (nSPS) is 19.9. The number of carbonyl (C=O) groups is 3. The van der Waals surface area contributed by atoms with Gasteiger partial charge in [0.1, 0.15) is 5.75 Å². The summed E-state index contributed by atoms with van der Waals surface area (Å²) >= 11 is 0. The quantitative estimate of drug-likeness (QED) is 0.552. The molecular formula is C29H35N3O5. The van der Waals surface area contributed by atoms with Crippen LogP contribution in [0.25, 0.3) is 0 Å². The smallest absolute Gasteiger partial charge is 0.337 e. The van der Waals surface area contributed by atoms with E-state index in [-0.39, 0.29) is 23.2 Å². The largest absolute Gasteiger partial charge is 0.495 e. The summed E-state index contributed by atoms with van der Waals surface area (Å²) < 4.78 is 10.4. The molecule has 0 unspecified atom stereocenters. The molecule has 0 N–H and O–H groups in total. The van der Waals surface area contributed by atoms with Crippen molar-refractivity contribution in [2.75, 3.05) is 50.2 Å². The maximum absolute atomic E-state index is 12.9. The van der Waals surface area contributed by atoms with E-state index in [2.05, 4.69) is 17.0 Å². The van der Waals surface area contributed by atoms with E-state index in [0.29, 0.717) is 24.9 Å². The molecule has 2 amide bonds. The Morgan fingerprint density at radius 3 is 2.35 bits per heavy atom. The first-order valence-corrected chi connectivity index (χ1v) is 13.1. The van der Waals surface area contributed by atoms with Gasteiger partial charge in [0.25, 0.3) is 0 Å². The van der Waals surface area contributed by atoms with Crippen LogP contribution in [0.5, 0.6) is 5.75 Å². The van der Waals surface area contributed by atoms with Gasteiger partial charge in [-0.15, -0.1) is 0 Å². The molecule has 0 aromatic heterocycles. The molecule has 37 heavy (non-hydrogen) atoms. The monoisotopic (exact) mass is 505 g/mol. The lowest BCUT2D eigenvalue weighted by Crippen LogP contribution is -2.41. The second-order valence-corrected chi connectivity index (χ2v) is 10.5. The number of amides is 2. The van der Waals surface area contributed by atoms with E-state index in [9.17, 15) is 14.4 Å². The van der Waals surface area contributed by atoms with E-state index in [1.807, 2.05) is 28.0 Å². The van der Waals surface area contributed by atoms with Gasteiger partial charge in [0.15, 0.2) is 0 Å². The van der Waals surface area contributed by atoms with Gasteiger partial charge in [0.2, 0.25) is 11.8 Å². The lowest BCUT2D eigenvalue weighted by molar-refractivity contribution is -0.119. The molecule has 5 rings (SSSR count). The Labute approximate surface area is 218 Å². The molecule has 3 saturated heterocycles. The van der Waals surface area contributed by atoms with Crippen LogP contribution >= 0.6 is 0 Å². The predicted octanol–water partition coefficient (Wildman–Crippen LogP) is 4.02. The van der Waals surface area contributed by atoms with E-state index >= 15 is 0 Å². The zero-order valence-corrected chi connectivity index (χ0v) is 21.7. The lowest BCUT2D eigenvalue weighted by atomic mass is 9.77. The maximum Gasteiger partial charge on any atom is 0.337 e. The first-order valence-electron chi connectivity index (χ1n) is 13.1. The molecule has 0 bridgehead atoms. The fraction of sp³-hybridized carbons (Fsp3) is 0.483. The highest BCUT2D eigenvalue weighted by atomic mass is 16.5. The Morgan fingerprint density at radius 1 is 0.919 bits per heavy atom. The Hall–Kier alpha value is -3.39. The van der Waals surface area contributed by atoms with Crippen LogP contribution in [0.1, 0.15) is 54.4 Å². The van der Waals surface area contributed by atoms with E-state index < -0.39 is 0 Å². The van der Waals surface area contributed by atoms with Crippen molar-refractivity contribution in [3.8, 4) is 5.75 Å². The van der Waals surface area contributed by atoms with Gasteiger partial charge in [-0.25, -0.2) is 4.79 Å². The third-order valence-corrected chi connectivity index (χ3v) is 8.10. The zero-order valence-electron chi connectivity index (χ0n) is 21.7. The summed E-state index contributed by atoms with van der Waals surface area (Å²) in [6.45, 7) is 4.12. The van der Waals surface area contributed by atoms with Crippen molar-refractivity contribution in [1.82, 2.24) is 4.90 Å². The average molecular weight is 506 g/mol. The van der Waals surface area contributed by atoms with Crippen LogP contribution in [0, 0.1) is 5.41 Å². The average Bonchev–Trinajstić information content (AvgIpc) is 3.25. The van der Waals surface area contributed by atoms with Crippen molar-refractivity contribution in [1.29, 1.82) is 0 Å². The number of methoxy groups -OCH3 is 2. The number of hydrogen-bond acceptors (Lipinski definition) is 6. The Bertz CT molecular complexity index is 1170. The number of rotatable bonds is 6. The molecule has 196 valence electrons. The van der Waals surface area contributed by atoms with Crippen molar-refractivity contribution in [3.63, 3.8) is 0 Å². The summed E-state index contributed by atoms with van der Waals surface area (Å²) in [5, 5.41) is 0. The molecule has 1 spiro atoms. The molecule has 3 heterocycles. The Balaban J connectivity index is 1.20. The van der Waals surface area contributed by atoms with Gasteiger partial charge in [0.05, 0.1) is 25.5 Å². The number of esters is 1. The van der Waals surface area contributed by atoms with Gasteiger partial charge in [-0.1, -0.05) is 6.07 Å². The van der Waals surface area contributed by atoms with Crippen molar-refractivity contribution in [2.24, 2.45) is 5.41 Å². The highest BCUT2D eigenvalue weighted by molar-refractivity contribution is 5.97. The number of likely N-dealkylation sites (tertiary alicyclic amines) is 1. The van der Waals surface area contributed by atoms with Crippen molar-refractivity contribution in [2.45, 2.75) is 45.1 Å². The van der Waals surface area contributed by atoms with Crippen molar-refractivity contribution >= 4 is 29.2 Å². The fourth-order valence-electron chi connectivity index (χ4n) is 5.91. The molecule has 8 heteroatoms. The second-order valence-electron chi connectivity index (χ2n) is 10.5. The molecule has 2 aromatic rings. The number of benzene rings is 2. The van der Waals surface area contributed by atoms with Gasteiger partial charge in [-0.05, 0) is 86.1 Å². The first-order chi connectivity index (χ1) is 17.9. The van der Waals surface area contributed by atoms with Gasteiger partial charge in [-0.3, -0.25) is 14.5 Å². The van der Waals surface area contributed by atoms with Gasteiger partial charge >= 0.3 is 5.97 Å². The molecule has 3 aliphatic heterocycles. The maximum atomic E-state index is 12.9. The molecular weight excluding hydrogens is 470 g/mol. The Kier molecular flexibility index (Phi) is 7.20. The number of carbonyl (C=O) groups excluding carboxylic acids is 3. The summed E-state index contributed by atoms with van der Waals surface area (Å²) in [7, 11) is 3.02. The van der Waals surface area contributed by atoms with Crippen LogP contribution in [-0.2, 0) is 20.9 Å². The van der Waals surface area contributed by atoms with E-state index in [1.165, 1.54) is 7.11 Å². The number of piperidine rings is 2. The minimum absolute atomic E-state index is 0.00915. The van der Waals surface area contributed by atoms with E-state index in [1.54, 1.807) is 19.2 Å². The predicted molar refractivity (Wildman–Crippen MR) is 141 cm³/mol. The van der Waals surface area contributed by atoms with E-state index in [0.717, 1.165) is 74.6 Å². The molecule has 0 radical (unpaired) electrons. The minimum atomic E-state index is -0.379. The van der Waals surface area contributed by atoms with Gasteiger partial charge < -0.3 is 19.3 Å². The van der Waals surface area contributed by atoms with Gasteiger partial charge in [-0.2, -0.15) is 0 Å². The second kappa shape index (κ2) is 10.5. The fourth-order valence-corrected chi connectivity index (χ4v) is 5.91. The highest BCUT2D eigenvalue weighted by Crippen LogP contribution is 2.43. The summed E-state index contributed by atoms with van der Waals surface area (Å²) in [5.41, 5.74) is 3.32. The molecule has 2 aromatic carbocycles. The van der Waals surface area contributed by atoms with Crippen LogP contribution < -0.4 is 14.5 Å². The SMILES string of the molecule is COC(=O)c1ccc(N2CC3(CCN(Cc4ccc(N5CCCCC5=O)c(OC)c4)CC3)CC2=O)cc1. The number of hydrogen-bond donors (Lipinski definition) is 0. The summed E-state index contributed by atoms with van der Waals surface area (Å²) in [4.78, 5) is 43.2. The van der Waals surface area contributed by atoms with Crippen LogP contribution in [-0.4, -0.2) is 63.1 Å². The summed E-state index contributed by atoms with van der Waals surface area (Å²) in [6, 6.07) is 13.2. The number of anilines is 2. The lowest BCUT2D eigenvalue weighted by Gasteiger charge is -2.39. The molecule has 0 atom stereocenters. The summed E-state index contributed by atoms with van der Waals surface area (Å²) in [5.74, 6) is 0.678. The van der Waals surface area contributed by atoms with Crippen LogP contribution in [0.15, 0.2) is 42.5 Å². The van der Waals surface area contributed by atoms with E-state index in [4.69, 9.17) is 9.47 Å². The number of ether oxygens (including phenoxy) is 2. The van der Waals surface area contributed by atoms with Crippen molar-refractivity contribution < 1.29 is 23.9 Å². The third-order valence-electron chi connectivity index (χ3n) is 8.10. The standard InChI is InChI=1S/C29H35N3O5/c1-36-25-17-21(6-11-24(25)31-14-4-3-5-26(31)33)19-30-15-12-29(13-16-30)18-27(34)32(20-29)23-9-7-22(8-10-23)28(35)37-2/h6-11,17H,3-5,12-16,18-20H2,1-2H3. The molecule has 0 saturated carbocycles. The van der Waals surface area contributed by atoms with Crippen LogP contribution in [0.4, 0.5) is 11.4 Å². The first kappa shape index (κ1) is 25.3. The summed E-state index contributed by atoms with van der Waals surface area (Å²) in [6.07, 6.45) is 5.06. The zero-order chi connectivity index (χ0) is 26.0. The third kappa shape index (κ3) is 5.21. The van der Waals surface area contributed by atoms with Crippen LogP contribution in [0.2, 0.25) is 0 Å². The molecule has 0 aliphatic carbocycles.